The van der Waals surface area contributed by atoms with Crippen molar-refractivity contribution in [3.05, 3.63) is 29.8 Å². The van der Waals surface area contributed by atoms with Gasteiger partial charge in [-0.15, -0.1) is 11.8 Å². The standard InChI is InChI=1S/C20H32N4OS/c1-3-21-20(22-9-15-26-19-6-4-17(2)5-7-19)24-10-8-18(16-24)23-11-13-25-14-12-23/h4-7,18H,3,8-16H2,1-2H3,(H,21,22). The molecule has 6 heteroatoms. The molecule has 0 bridgehead atoms. The maximum absolute atomic E-state index is 5.49. The van der Waals surface area contributed by atoms with Crippen LogP contribution >= 0.6 is 11.8 Å². The number of thioether (sulfide) groups is 1. The van der Waals surface area contributed by atoms with E-state index in [1.165, 1.54) is 16.9 Å². The Balaban J connectivity index is 1.48. The molecule has 2 heterocycles. The average Bonchev–Trinajstić information content (AvgIpc) is 3.16. The third-order valence-electron chi connectivity index (χ3n) is 5.00. The van der Waals surface area contributed by atoms with Crippen LogP contribution in [0.15, 0.2) is 34.2 Å². The van der Waals surface area contributed by atoms with Gasteiger partial charge in [0.05, 0.1) is 19.8 Å². The van der Waals surface area contributed by atoms with Gasteiger partial charge in [0, 0.05) is 49.4 Å². The van der Waals surface area contributed by atoms with Gasteiger partial charge in [-0.2, -0.15) is 0 Å². The molecule has 0 spiro atoms. The van der Waals surface area contributed by atoms with E-state index in [2.05, 4.69) is 53.2 Å². The topological polar surface area (TPSA) is 40.1 Å². The zero-order valence-corrected chi connectivity index (χ0v) is 16.9. The summed E-state index contributed by atoms with van der Waals surface area (Å²) < 4.78 is 5.49. The first-order valence-corrected chi connectivity index (χ1v) is 10.8. The van der Waals surface area contributed by atoms with Crippen molar-refractivity contribution >= 4 is 17.7 Å². The number of hydrogen-bond acceptors (Lipinski definition) is 4. The van der Waals surface area contributed by atoms with E-state index in [0.29, 0.717) is 6.04 Å². The Hall–Kier alpha value is -1.24. The number of rotatable bonds is 6. The molecule has 0 aromatic heterocycles. The Morgan fingerprint density at radius 2 is 2.00 bits per heavy atom. The number of nitrogens with one attached hydrogen (secondary N) is 1. The molecule has 3 rings (SSSR count). The van der Waals surface area contributed by atoms with Crippen molar-refractivity contribution in [3.8, 4) is 0 Å². The maximum Gasteiger partial charge on any atom is 0.193 e. The lowest BCUT2D eigenvalue weighted by Crippen LogP contribution is -2.46. The quantitative estimate of drug-likeness (QED) is 0.357. The highest BCUT2D eigenvalue weighted by molar-refractivity contribution is 7.99. The predicted octanol–water partition coefficient (Wildman–Crippen LogP) is 2.46. The monoisotopic (exact) mass is 376 g/mol. The first kappa shape index (κ1) is 19.5. The van der Waals surface area contributed by atoms with E-state index in [-0.39, 0.29) is 0 Å². The third-order valence-corrected chi connectivity index (χ3v) is 5.99. The van der Waals surface area contributed by atoms with Crippen LogP contribution in [0, 0.1) is 6.92 Å². The van der Waals surface area contributed by atoms with Gasteiger partial charge in [0.15, 0.2) is 5.96 Å². The summed E-state index contributed by atoms with van der Waals surface area (Å²) in [7, 11) is 0. The number of morpholine rings is 1. The highest BCUT2D eigenvalue weighted by Crippen LogP contribution is 2.19. The van der Waals surface area contributed by atoms with Gasteiger partial charge in [0.2, 0.25) is 0 Å². The summed E-state index contributed by atoms with van der Waals surface area (Å²) in [5, 5.41) is 3.48. The van der Waals surface area contributed by atoms with E-state index in [1.807, 2.05) is 11.8 Å². The van der Waals surface area contributed by atoms with Crippen LogP contribution in [0.2, 0.25) is 0 Å². The SMILES string of the molecule is CCNC(=NCCSc1ccc(C)cc1)N1CCC(N2CCOCC2)C1. The second-order valence-electron chi connectivity index (χ2n) is 6.93. The molecule has 2 fully saturated rings. The van der Waals surface area contributed by atoms with Gasteiger partial charge in [0.1, 0.15) is 0 Å². The van der Waals surface area contributed by atoms with Gasteiger partial charge in [0.25, 0.3) is 0 Å². The highest BCUT2D eigenvalue weighted by Gasteiger charge is 2.30. The van der Waals surface area contributed by atoms with E-state index in [1.54, 1.807) is 0 Å². The molecule has 144 valence electrons. The second kappa shape index (κ2) is 10.2. The van der Waals surface area contributed by atoms with Crippen LogP contribution in [0.4, 0.5) is 0 Å². The minimum atomic E-state index is 0.643. The molecule has 0 aliphatic carbocycles. The van der Waals surface area contributed by atoms with Crippen molar-refractivity contribution < 1.29 is 4.74 Å². The number of aliphatic imine (C=N–C) groups is 1. The zero-order chi connectivity index (χ0) is 18.2. The van der Waals surface area contributed by atoms with Crippen LogP contribution in [0.1, 0.15) is 18.9 Å². The molecule has 1 aromatic carbocycles. The number of likely N-dealkylation sites (tertiary alicyclic amines) is 1. The van der Waals surface area contributed by atoms with Crippen LogP contribution in [0.25, 0.3) is 0 Å². The van der Waals surface area contributed by atoms with Crippen LogP contribution in [-0.2, 0) is 4.74 Å². The zero-order valence-electron chi connectivity index (χ0n) is 16.1. The fourth-order valence-corrected chi connectivity index (χ4v) is 4.30. The van der Waals surface area contributed by atoms with E-state index < -0.39 is 0 Å². The molecule has 1 aromatic rings. The van der Waals surface area contributed by atoms with Crippen molar-refractivity contribution in [2.75, 3.05) is 58.2 Å². The third kappa shape index (κ3) is 5.63. The van der Waals surface area contributed by atoms with Gasteiger partial charge >= 0.3 is 0 Å². The normalized spacial score (nSPS) is 22.0. The minimum Gasteiger partial charge on any atom is -0.379 e. The van der Waals surface area contributed by atoms with Crippen LogP contribution < -0.4 is 5.32 Å². The average molecular weight is 377 g/mol. The predicted molar refractivity (Wildman–Crippen MR) is 110 cm³/mol. The second-order valence-corrected chi connectivity index (χ2v) is 8.10. The van der Waals surface area contributed by atoms with Gasteiger partial charge in [-0.25, -0.2) is 0 Å². The summed E-state index contributed by atoms with van der Waals surface area (Å²) in [4.78, 5) is 11.2. The molecule has 2 aliphatic heterocycles. The van der Waals surface area contributed by atoms with E-state index in [9.17, 15) is 0 Å². The van der Waals surface area contributed by atoms with Gasteiger partial charge in [-0.05, 0) is 32.4 Å². The van der Waals surface area contributed by atoms with Crippen molar-refractivity contribution in [1.82, 2.24) is 15.1 Å². The molecule has 0 radical (unpaired) electrons. The Kier molecular flexibility index (Phi) is 7.65. The van der Waals surface area contributed by atoms with Crippen LogP contribution in [-0.4, -0.2) is 80.0 Å². The molecule has 1 N–H and O–H groups in total. The summed E-state index contributed by atoms with van der Waals surface area (Å²) in [6, 6.07) is 9.38. The smallest absolute Gasteiger partial charge is 0.193 e. The molecule has 2 aliphatic rings. The number of hydrogen-bond donors (Lipinski definition) is 1. The number of aryl methyl sites for hydroxylation is 1. The van der Waals surface area contributed by atoms with Crippen LogP contribution in [0.3, 0.4) is 0 Å². The number of benzene rings is 1. The Morgan fingerprint density at radius 3 is 2.73 bits per heavy atom. The first-order valence-electron chi connectivity index (χ1n) is 9.81. The molecule has 26 heavy (non-hydrogen) atoms. The van der Waals surface area contributed by atoms with E-state index in [0.717, 1.165) is 64.2 Å². The summed E-state index contributed by atoms with van der Waals surface area (Å²) in [6.45, 7) is 12.1. The summed E-state index contributed by atoms with van der Waals surface area (Å²) in [5.74, 6) is 2.09. The van der Waals surface area contributed by atoms with Crippen molar-refractivity contribution in [2.24, 2.45) is 4.99 Å². The molecule has 0 saturated carbocycles. The van der Waals surface area contributed by atoms with Crippen LogP contribution in [0.5, 0.6) is 0 Å². The van der Waals surface area contributed by atoms with E-state index in [4.69, 9.17) is 9.73 Å². The molecule has 0 amide bonds. The first-order chi connectivity index (χ1) is 12.8. The highest BCUT2D eigenvalue weighted by atomic mass is 32.2. The van der Waals surface area contributed by atoms with Gasteiger partial charge in [-0.3, -0.25) is 9.89 Å². The number of guanidine groups is 1. The Morgan fingerprint density at radius 1 is 1.23 bits per heavy atom. The summed E-state index contributed by atoms with van der Waals surface area (Å²) in [6.07, 6.45) is 1.22. The number of nitrogens with zero attached hydrogens (tertiary/aromatic N) is 3. The molecular weight excluding hydrogens is 344 g/mol. The number of ether oxygens (including phenoxy) is 1. The van der Waals surface area contributed by atoms with Crippen molar-refractivity contribution in [1.29, 1.82) is 0 Å². The lowest BCUT2D eigenvalue weighted by Gasteiger charge is -2.32. The summed E-state index contributed by atoms with van der Waals surface area (Å²) >= 11 is 1.88. The van der Waals surface area contributed by atoms with Crippen molar-refractivity contribution in [3.63, 3.8) is 0 Å². The maximum atomic E-state index is 5.49. The molecule has 1 atom stereocenters. The lowest BCUT2D eigenvalue weighted by atomic mass is 10.2. The molecular formula is C20H32N4OS. The van der Waals surface area contributed by atoms with Crippen molar-refractivity contribution in [2.45, 2.75) is 31.2 Å². The van der Waals surface area contributed by atoms with E-state index >= 15 is 0 Å². The van der Waals surface area contributed by atoms with Gasteiger partial charge < -0.3 is 15.0 Å². The molecule has 5 nitrogen and oxygen atoms in total. The Labute approximate surface area is 162 Å². The fourth-order valence-electron chi connectivity index (χ4n) is 3.55. The minimum absolute atomic E-state index is 0.643. The lowest BCUT2D eigenvalue weighted by molar-refractivity contribution is 0.0195. The molecule has 1 unspecified atom stereocenters. The van der Waals surface area contributed by atoms with Gasteiger partial charge in [-0.1, -0.05) is 17.7 Å². The summed E-state index contributed by atoms with van der Waals surface area (Å²) in [5.41, 5.74) is 1.31. The Bertz CT molecular complexity index is 572. The largest absolute Gasteiger partial charge is 0.379 e. The molecule has 2 saturated heterocycles. The fraction of sp³-hybridized carbons (Fsp3) is 0.650.